The molecule has 3 aromatic carbocycles. The number of hydrogen-bond donors (Lipinski definition) is 1. The molecule has 0 saturated carbocycles. The third kappa shape index (κ3) is 4.15. The molecule has 0 aliphatic rings. The summed E-state index contributed by atoms with van der Waals surface area (Å²) in [6.07, 6.45) is 0. The number of aromatic nitrogens is 2. The molecule has 0 aliphatic carbocycles. The summed E-state index contributed by atoms with van der Waals surface area (Å²) in [6.45, 7) is -0.557. The summed E-state index contributed by atoms with van der Waals surface area (Å²) in [5.41, 5.74) is 1.68. The molecule has 0 aliphatic heterocycles. The van der Waals surface area contributed by atoms with E-state index in [4.69, 9.17) is 11.6 Å². The molecule has 1 N–H and O–H groups in total. The van der Waals surface area contributed by atoms with Gasteiger partial charge in [0, 0.05) is 22.0 Å². The molecular formula is C22H15ClN4O4. The molecule has 0 atom stereocenters. The zero-order valence-electron chi connectivity index (χ0n) is 16.0. The number of aliphatic carboxylic acids is 1. The van der Waals surface area contributed by atoms with Gasteiger partial charge in [0.1, 0.15) is 12.2 Å². The van der Waals surface area contributed by atoms with E-state index in [1.807, 2.05) is 30.3 Å². The average Bonchev–Trinajstić information content (AvgIpc) is 2.77. The molecule has 1 heterocycles. The Kier molecular flexibility index (Phi) is 5.46. The molecule has 1 aromatic heterocycles. The van der Waals surface area contributed by atoms with Crippen molar-refractivity contribution in [2.75, 3.05) is 11.4 Å². The zero-order valence-corrected chi connectivity index (χ0v) is 16.7. The Bertz CT molecular complexity index is 1300. The highest BCUT2D eigenvalue weighted by atomic mass is 35.5. The number of para-hydroxylation sites is 2. The second-order valence-corrected chi connectivity index (χ2v) is 7.06. The number of rotatable bonds is 6. The summed E-state index contributed by atoms with van der Waals surface area (Å²) in [7, 11) is 0. The molecule has 4 aromatic rings. The minimum atomic E-state index is -1.18. The fourth-order valence-electron chi connectivity index (χ4n) is 3.27. The molecule has 0 spiro atoms. The second kappa shape index (κ2) is 8.37. The summed E-state index contributed by atoms with van der Waals surface area (Å²) in [5.74, 6) is -1.15. The summed E-state index contributed by atoms with van der Waals surface area (Å²) in [6, 6.07) is 20.3. The Hall–Kier alpha value is -4.04. The van der Waals surface area contributed by atoms with Crippen LogP contribution in [0, 0.1) is 10.1 Å². The Labute approximate surface area is 181 Å². The van der Waals surface area contributed by atoms with E-state index in [9.17, 15) is 20.0 Å². The van der Waals surface area contributed by atoms with Crippen LogP contribution in [0.4, 0.5) is 17.3 Å². The first-order valence-corrected chi connectivity index (χ1v) is 9.57. The van der Waals surface area contributed by atoms with E-state index in [2.05, 4.69) is 9.97 Å². The van der Waals surface area contributed by atoms with Crippen molar-refractivity contribution in [3.05, 3.63) is 87.9 Å². The zero-order chi connectivity index (χ0) is 22.0. The van der Waals surface area contributed by atoms with Crippen LogP contribution in [0.25, 0.3) is 22.2 Å². The Balaban J connectivity index is 1.99. The fraction of sp³-hybridized carbons (Fsp3) is 0.0455. The minimum Gasteiger partial charge on any atom is -0.480 e. The molecule has 0 amide bonds. The SMILES string of the molecule is O=C(O)CN(c1nc(-c2ccccc2)c2cc(Cl)ccc2n1)c1ccccc1[N+](=O)[O-]. The Morgan fingerprint density at radius 1 is 1.03 bits per heavy atom. The third-order valence-corrected chi connectivity index (χ3v) is 4.83. The molecule has 0 bridgehead atoms. The quantitative estimate of drug-likeness (QED) is 0.332. The van der Waals surface area contributed by atoms with E-state index in [1.54, 1.807) is 24.3 Å². The van der Waals surface area contributed by atoms with E-state index in [0.29, 0.717) is 21.6 Å². The summed E-state index contributed by atoms with van der Waals surface area (Å²) >= 11 is 6.18. The van der Waals surface area contributed by atoms with Gasteiger partial charge in [0.15, 0.2) is 0 Å². The van der Waals surface area contributed by atoms with E-state index >= 15 is 0 Å². The lowest BCUT2D eigenvalue weighted by molar-refractivity contribution is -0.384. The molecule has 8 nitrogen and oxygen atoms in total. The summed E-state index contributed by atoms with van der Waals surface area (Å²) in [5, 5.41) is 22.2. The number of carbonyl (C=O) groups is 1. The van der Waals surface area contributed by atoms with Gasteiger partial charge in [-0.3, -0.25) is 19.8 Å². The Morgan fingerprint density at radius 3 is 2.45 bits per heavy atom. The lowest BCUT2D eigenvalue weighted by Gasteiger charge is -2.22. The number of carboxylic acids is 1. The van der Waals surface area contributed by atoms with Crippen molar-refractivity contribution < 1.29 is 14.8 Å². The topological polar surface area (TPSA) is 109 Å². The summed E-state index contributed by atoms with van der Waals surface area (Å²) in [4.78, 5) is 32.9. The highest BCUT2D eigenvalue weighted by Gasteiger charge is 2.25. The van der Waals surface area contributed by atoms with Crippen LogP contribution in [0.15, 0.2) is 72.8 Å². The number of carboxylic acid groups (broad SMARTS) is 1. The van der Waals surface area contributed by atoms with Crippen LogP contribution in [0.2, 0.25) is 5.02 Å². The number of benzene rings is 3. The maximum Gasteiger partial charge on any atom is 0.323 e. The predicted molar refractivity (Wildman–Crippen MR) is 118 cm³/mol. The smallest absolute Gasteiger partial charge is 0.323 e. The van der Waals surface area contributed by atoms with Crippen molar-refractivity contribution in [2.45, 2.75) is 0 Å². The first-order valence-electron chi connectivity index (χ1n) is 9.19. The molecule has 31 heavy (non-hydrogen) atoms. The molecule has 0 unspecified atom stereocenters. The lowest BCUT2D eigenvalue weighted by atomic mass is 10.1. The lowest BCUT2D eigenvalue weighted by Crippen LogP contribution is -2.27. The van der Waals surface area contributed by atoms with Gasteiger partial charge < -0.3 is 5.11 Å². The fourth-order valence-corrected chi connectivity index (χ4v) is 3.44. The van der Waals surface area contributed by atoms with E-state index in [0.717, 1.165) is 5.56 Å². The van der Waals surface area contributed by atoms with Crippen LogP contribution in [0.5, 0.6) is 0 Å². The van der Waals surface area contributed by atoms with Gasteiger partial charge in [-0.05, 0) is 24.3 Å². The maximum absolute atomic E-state index is 11.6. The molecule has 0 fully saturated rings. The highest BCUT2D eigenvalue weighted by Crippen LogP contribution is 2.35. The number of hydrogen-bond acceptors (Lipinski definition) is 6. The largest absolute Gasteiger partial charge is 0.480 e. The van der Waals surface area contributed by atoms with Crippen molar-refractivity contribution in [2.24, 2.45) is 0 Å². The highest BCUT2D eigenvalue weighted by molar-refractivity contribution is 6.31. The van der Waals surface area contributed by atoms with Crippen molar-refractivity contribution in [1.29, 1.82) is 0 Å². The van der Waals surface area contributed by atoms with Gasteiger partial charge >= 0.3 is 5.97 Å². The van der Waals surface area contributed by atoms with E-state index in [-0.39, 0.29) is 17.3 Å². The molecule has 154 valence electrons. The maximum atomic E-state index is 11.6. The van der Waals surface area contributed by atoms with Crippen LogP contribution in [-0.2, 0) is 4.79 Å². The van der Waals surface area contributed by atoms with Gasteiger partial charge in [0.2, 0.25) is 5.95 Å². The van der Waals surface area contributed by atoms with Gasteiger partial charge in [-0.15, -0.1) is 0 Å². The van der Waals surface area contributed by atoms with E-state index in [1.165, 1.54) is 23.1 Å². The standard InChI is InChI=1S/C22H15ClN4O4/c23-15-10-11-17-16(12-15)21(14-6-2-1-3-7-14)25-22(24-17)26(13-20(28)29)18-8-4-5-9-19(18)27(30)31/h1-12H,13H2,(H,28,29). The Morgan fingerprint density at radius 2 is 1.74 bits per heavy atom. The number of fused-ring (bicyclic) bond motifs is 1. The van der Waals surface area contributed by atoms with Crippen LogP contribution in [0.1, 0.15) is 0 Å². The van der Waals surface area contributed by atoms with Crippen molar-refractivity contribution in [1.82, 2.24) is 9.97 Å². The average molecular weight is 435 g/mol. The monoisotopic (exact) mass is 434 g/mol. The molecule has 9 heteroatoms. The first kappa shape index (κ1) is 20.2. The number of nitrogens with zero attached hydrogens (tertiary/aromatic N) is 4. The van der Waals surface area contributed by atoms with Crippen LogP contribution in [0.3, 0.4) is 0 Å². The second-order valence-electron chi connectivity index (χ2n) is 6.63. The van der Waals surface area contributed by atoms with Crippen molar-refractivity contribution >= 4 is 45.8 Å². The number of halogens is 1. The normalized spacial score (nSPS) is 10.7. The third-order valence-electron chi connectivity index (χ3n) is 4.60. The van der Waals surface area contributed by atoms with Gasteiger partial charge in [-0.25, -0.2) is 9.97 Å². The van der Waals surface area contributed by atoms with Crippen molar-refractivity contribution in [3.8, 4) is 11.3 Å². The van der Waals surface area contributed by atoms with Gasteiger partial charge in [0.25, 0.3) is 5.69 Å². The summed E-state index contributed by atoms with van der Waals surface area (Å²) < 4.78 is 0. The molecular weight excluding hydrogens is 420 g/mol. The minimum absolute atomic E-state index is 0.0328. The molecule has 0 radical (unpaired) electrons. The van der Waals surface area contributed by atoms with E-state index < -0.39 is 17.4 Å². The number of nitro groups is 1. The van der Waals surface area contributed by atoms with Crippen molar-refractivity contribution in [3.63, 3.8) is 0 Å². The number of nitro benzene ring substituents is 1. The van der Waals surface area contributed by atoms with Gasteiger partial charge in [-0.1, -0.05) is 54.1 Å². The van der Waals surface area contributed by atoms with Crippen LogP contribution < -0.4 is 4.90 Å². The van der Waals surface area contributed by atoms with Gasteiger partial charge in [-0.2, -0.15) is 0 Å². The van der Waals surface area contributed by atoms with Crippen LogP contribution >= 0.6 is 11.6 Å². The predicted octanol–water partition coefficient (Wildman–Crippen LogP) is 5.08. The number of anilines is 2. The molecule has 0 saturated heterocycles. The first-order chi connectivity index (χ1) is 14.9. The molecule has 4 rings (SSSR count). The van der Waals surface area contributed by atoms with Gasteiger partial charge in [0.05, 0.1) is 16.1 Å². The van der Waals surface area contributed by atoms with Crippen LogP contribution in [-0.4, -0.2) is 32.5 Å².